The van der Waals surface area contributed by atoms with E-state index in [1.54, 1.807) is 6.33 Å². The van der Waals surface area contributed by atoms with Crippen molar-refractivity contribution in [1.29, 1.82) is 0 Å². The zero-order valence-corrected chi connectivity index (χ0v) is 11.1. The molecule has 0 saturated heterocycles. The van der Waals surface area contributed by atoms with Gasteiger partial charge in [-0.25, -0.2) is 4.98 Å². The van der Waals surface area contributed by atoms with Gasteiger partial charge in [-0.05, 0) is 44.9 Å². The number of hydrogen-bond acceptors (Lipinski definition) is 3. The molecule has 0 atom stereocenters. The van der Waals surface area contributed by atoms with Crippen molar-refractivity contribution in [3.05, 3.63) is 24.0 Å². The van der Waals surface area contributed by atoms with Crippen molar-refractivity contribution in [3.63, 3.8) is 0 Å². The largest absolute Gasteiger partial charge is 0.365 e. The molecule has 2 rings (SSSR count). The van der Waals surface area contributed by atoms with Crippen molar-refractivity contribution in [2.75, 3.05) is 11.2 Å². The lowest BCUT2D eigenvalue weighted by atomic mass is 10.0. The van der Waals surface area contributed by atoms with Crippen LogP contribution in [0.1, 0.15) is 25.8 Å². The van der Waals surface area contributed by atoms with Crippen LogP contribution in [0, 0.1) is 6.92 Å². The van der Waals surface area contributed by atoms with Gasteiger partial charge in [0.1, 0.15) is 12.1 Å². The van der Waals surface area contributed by atoms with Crippen LogP contribution in [0.25, 0.3) is 5.65 Å². The predicted octanol–water partition coefficient (Wildman–Crippen LogP) is 2.86. The number of hydrogen-bond donors (Lipinski definition) is 1. The van der Waals surface area contributed by atoms with Crippen molar-refractivity contribution >= 4 is 23.1 Å². The molecule has 0 amide bonds. The number of aryl methyl sites for hydroxylation is 1. The number of rotatable bonds is 4. The molecule has 0 bridgehead atoms. The van der Waals surface area contributed by atoms with Crippen LogP contribution in [0.2, 0.25) is 0 Å². The fourth-order valence-corrected chi connectivity index (χ4v) is 2.26. The van der Waals surface area contributed by atoms with Gasteiger partial charge in [-0.15, -0.1) is 11.6 Å². The van der Waals surface area contributed by atoms with Gasteiger partial charge >= 0.3 is 0 Å². The zero-order chi connectivity index (χ0) is 12.5. The van der Waals surface area contributed by atoms with Crippen LogP contribution in [0.3, 0.4) is 0 Å². The Bertz CT molecular complexity index is 518. The van der Waals surface area contributed by atoms with Gasteiger partial charge in [0.15, 0.2) is 5.65 Å². The first-order valence-corrected chi connectivity index (χ1v) is 6.20. The van der Waals surface area contributed by atoms with E-state index >= 15 is 0 Å². The molecule has 2 aromatic rings. The third kappa shape index (κ3) is 2.69. The van der Waals surface area contributed by atoms with E-state index < -0.39 is 0 Å². The second kappa shape index (κ2) is 4.53. The molecule has 0 aliphatic carbocycles. The van der Waals surface area contributed by atoms with Crippen LogP contribution in [0.4, 0.5) is 5.82 Å². The summed E-state index contributed by atoms with van der Waals surface area (Å²) < 4.78 is 1.81. The van der Waals surface area contributed by atoms with Crippen molar-refractivity contribution < 1.29 is 0 Å². The van der Waals surface area contributed by atoms with Crippen molar-refractivity contribution in [1.82, 2.24) is 14.6 Å². The summed E-state index contributed by atoms with van der Waals surface area (Å²) in [6.45, 7) is 6.30. The monoisotopic (exact) mass is 252 g/mol. The van der Waals surface area contributed by atoms with Crippen LogP contribution in [-0.2, 0) is 0 Å². The van der Waals surface area contributed by atoms with Gasteiger partial charge in [-0.3, -0.25) is 0 Å². The topological polar surface area (TPSA) is 42.2 Å². The van der Waals surface area contributed by atoms with E-state index in [4.69, 9.17) is 11.6 Å². The average Bonchev–Trinajstić information content (AvgIpc) is 2.64. The maximum atomic E-state index is 5.81. The summed E-state index contributed by atoms with van der Waals surface area (Å²) >= 11 is 5.81. The number of fused-ring (bicyclic) bond motifs is 1. The number of anilines is 1. The van der Waals surface area contributed by atoms with E-state index in [0.29, 0.717) is 5.88 Å². The smallest absolute Gasteiger partial charge is 0.157 e. The fraction of sp³-hybridized carbons (Fsp3) is 0.500. The summed E-state index contributed by atoms with van der Waals surface area (Å²) in [7, 11) is 0. The molecule has 0 aliphatic rings. The highest BCUT2D eigenvalue weighted by molar-refractivity contribution is 6.17. The van der Waals surface area contributed by atoms with E-state index in [1.165, 1.54) is 0 Å². The molecule has 1 N–H and O–H groups in total. The van der Waals surface area contributed by atoms with Gasteiger partial charge in [0, 0.05) is 11.4 Å². The second-order valence-corrected chi connectivity index (χ2v) is 5.27. The minimum atomic E-state index is -0.0611. The van der Waals surface area contributed by atoms with Gasteiger partial charge in [-0.1, -0.05) is 0 Å². The quantitative estimate of drug-likeness (QED) is 0.851. The van der Waals surface area contributed by atoms with Crippen LogP contribution < -0.4 is 5.32 Å². The van der Waals surface area contributed by atoms with Crippen LogP contribution in [0.15, 0.2) is 18.5 Å². The highest BCUT2D eigenvalue weighted by atomic mass is 35.5. The van der Waals surface area contributed by atoms with Gasteiger partial charge in [0.2, 0.25) is 0 Å². The predicted molar refractivity (Wildman–Crippen MR) is 70.8 cm³/mol. The average molecular weight is 253 g/mol. The van der Waals surface area contributed by atoms with Crippen molar-refractivity contribution in [3.8, 4) is 0 Å². The molecule has 92 valence electrons. The minimum absolute atomic E-state index is 0.0611. The lowest BCUT2D eigenvalue weighted by Crippen LogP contribution is -2.32. The normalized spacial score (nSPS) is 12.0. The fourth-order valence-electron chi connectivity index (χ4n) is 1.79. The van der Waals surface area contributed by atoms with Crippen LogP contribution >= 0.6 is 11.6 Å². The molecular formula is C12H17ClN4. The maximum Gasteiger partial charge on any atom is 0.157 e. The number of nitrogens with zero attached hydrogens (tertiary/aromatic N) is 3. The Morgan fingerprint density at radius 3 is 2.88 bits per heavy atom. The molecule has 0 saturated carbocycles. The standard InChI is InChI=1S/C12H17ClN4/c1-9-6-10-14-8-15-17(10)11(7-9)16-12(2,3)4-5-13/h6-8,16H,4-5H2,1-3H3. The maximum absolute atomic E-state index is 5.81. The van der Waals surface area contributed by atoms with E-state index in [0.717, 1.165) is 23.4 Å². The Hall–Kier alpha value is -1.29. The summed E-state index contributed by atoms with van der Waals surface area (Å²) in [5, 5.41) is 7.68. The summed E-state index contributed by atoms with van der Waals surface area (Å²) in [5.74, 6) is 1.58. The Labute approximate surface area is 106 Å². The summed E-state index contributed by atoms with van der Waals surface area (Å²) in [6.07, 6.45) is 2.45. The molecule has 2 heterocycles. The highest BCUT2D eigenvalue weighted by Crippen LogP contribution is 2.20. The van der Waals surface area contributed by atoms with E-state index in [2.05, 4.69) is 42.2 Å². The SMILES string of the molecule is Cc1cc(NC(C)(C)CCCl)n2ncnc2c1. The molecule has 17 heavy (non-hydrogen) atoms. The molecule has 0 aliphatic heterocycles. The molecule has 2 aromatic heterocycles. The van der Waals surface area contributed by atoms with E-state index in [9.17, 15) is 0 Å². The minimum Gasteiger partial charge on any atom is -0.365 e. The summed E-state index contributed by atoms with van der Waals surface area (Å²) in [6, 6.07) is 4.07. The number of alkyl halides is 1. The number of aromatic nitrogens is 3. The van der Waals surface area contributed by atoms with Crippen LogP contribution in [-0.4, -0.2) is 26.0 Å². The van der Waals surface area contributed by atoms with E-state index in [-0.39, 0.29) is 5.54 Å². The van der Waals surface area contributed by atoms with Crippen molar-refractivity contribution in [2.45, 2.75) is 32.7 Å². The van der Waals surface area contributed by atoms with Gasteiger partial charge in [0.25, 0.3) is 0 Å². The van der Waals surface area contributed by atoms with Gasteiger partial charge < -0.3 is 5.32 Å². The van der Waals surface area contributed by atoms with Gasteiger partial charge in [0.05, 0.1) is 0 Å². The zero-order valence-electron chi connectivity index (χ0n) is 10.4. The summed E-state index contributed by atoms with van der Waals surface area (Å²) in [4.78, 5) is 4.20. The van der Waals surface area contributed by atoms with Crippen molar-refractivity contribution in [2.24, 2.45) is 0 Å². The molecule has 0 radical (unpaired) electrons. The number of pyridine rings is 1. The Morgan fingerprint density at radius 2 is 2.18 bits per heavy atom. The summed E-state index contributed by atoms with van der Waals surface area (Å²) in [5.41, 5.74) is 1.96. The Kier molecular flexibility index (Phi) is 3.24. The van der Waals surface area contributed by atoms with E-state index in [1.807, 2.05) is 10.6 Å². The third-order valence-corrected chi connectivity index (χ3v) is 2.90. The third-order valence-electron chi connectivity index (χ3n) is 2.71. The lowest BCUT2D eigenvalue weighted by Gasteiger charge is -2.26. The molecule has 0 fully saturated rings. The van der Waals surface area contributed by atoms with Gasteiger partial charge in [-0.2, -0.15) is 9.61 Å². The Balaban J connectivity index is 2.37. The lowest BCUT2D eigenvalue weighted by molar-refractivity contribution is 0.545. The number of nitrogens with one attached hydrogen (secondary N) is 1. The highest BCUT2D eigenvalue weighted by Gasteiger charge is 2.18. The molecule has 0 unspecified atom stereocenters. The number of halogens is 1. The van der Waals surface area contributed by atoms with Crippen LogP contribution in [0.5, 0.6) is 0 Å². The molecule has 0 spiro atoms. The first-order valence-electron chi connectivity index (χ1n) is 5.66. The first kappa shape index (κ1) is 12.2. The first-order chi connectivity index (χ1) is 8.02. The Morgan fingerprint density at radius 1 is 1.41 bits per heavy atom. The molecule has 5 heteroatoms. The molecule has 0 aromatic carbocycles. The molecule has 4 nitrogen and oxygen atoms in total. The molecular weight excluding hydrogens is 236 g/mol. The second-order valence-electron chi connectivity index (χ2n) is 4.90.